The van der Waals surface area contributed by atoms with Crippen molar-refractivity contribution >= 4 is 23.2 Å². The van der Waals surface area contributed by atoms with E-state index in [-0.39, 0.29) is 12.5 Å². The van der Waals surface area contributed by atoms with Crippen molar-refractivity contribution in [2.45, 2.75) is 4.87 Å². The van der Waals surface area contributed by atoms with E-state index in [0.29, 0.717) is 24.7 Å². The second-order valence-electron chi connectivity index (χ2n) is 4.01. The van der Waals surface area contributed by atoms with E-state index in [1.54, 1.807) is 0 Å². The van der Waals surface area contributed by atoms with E-state index in [1.165, 1.54) is 0 Å². The van der Waals surface area contributed by atoms with Crippen LogP contribution in [0.3, 0.4) is 0 Å². The van der Waals surface area contributed by atoms with Crippen molar-refractivity contribution in [3.63, 3.8) is 0 Å². The molecule has 0 saturated carbocycles. The first-order chi connectivity index (χ1) is 7.67. The van der Waals surface area contributed by atoms with Gasteiger partial charge in [0, 0.05) is 0 Å². The van der Waals surface area contributed by atoms with Crippen LogP contribution in [0.4, 0.5) is 5.69 Å². The summed E-state index contributed by atoms with van der Waals surface area (Å²) >= 11 is 6.33. The zero-order valence-electron chi connectivity index (χ0n) is 8.46. The van der Waals surface area contributed by atoms with Crippen molar-refractivity contribution in [2.75, 3.05) is 25.1 Å². The summed E-state index contributed by atoms with van der Waals surface area (Å²) in [4.78, 5) is 10.7. The number of anilines is 1. The molecule has 16 heavy (non-hydrogen) atoms. The molecule has 0 spiro atoms. The van der Waals surface area contributed by atoms with E-state index in [4.69, 9.17) is 21.1 Å². The fourth-order valence-corrected chi connectivity index (χ4v) is 2.08. The largest absolute Gasteiger partial charge is 0.482 e. The van der Waals surface area contributed by atoms with Crippen molar-refractivity contribution in [2.24, 2.45) is 0 Å². The lowest BCUT2D eigenvalue weighted by atomic mass is 9.95. The second kappa shape index (κ2) is 3.37. The number of hydrogen-bond acceptors (Lipinski definition) is 3. The van der Waals surface area contributed by atoms with E-state index < -0.39 is 4.87 Å². The summed E-state index contributed by atoms with van der Waals surface area (Å²) in [7, 11) is 0. The van der Waals surface area contributed by atoms with Crippen LogP contribution in [0.25, 0.3) is 0 Å². The molecule has 1 saturated heterocycles. The standard InChI is InChI=1S/C11H10ClNO3/c12-11(5-15-6-11)7-1-2-9-8(3-7)13-10(14)4-16-9/h1-3H,4-6H2,(H,13,14). The highest BCUT2D eigenvalue weighted by atomic mass is 35.5. The third-order valence-electron chi connectivity index (χ3n) is 2.79. The van der Waals surface area contributed by atoms with Gasteiger partial charge in [-0.25, -0.2) is 0 Å². The molecule has 2 aliphatic rings. The Morgan fingerprint density at radius 2 is 2.19 bits per heavy atom. The molecular formula is C11H10ClNO3. The smallest absolute Gasteiger partial charge is 0.262 e. The average Bonchev–Trinajstić information content (AvgIpc) is 2.25. The van der Waals surface area contributed by atoms with Crippen LogP contribution in [-0.4, -0.2) is 25.7 Å². The maximum Gasteiger partial charge on any atom is 0.262 e. The molecule has 5 heteroatoms. The lowest BCUT2D eigenvalue weighted by Crippen LogP contribution is -2.41. The maximum absolute atomic E-state index is 11.2. The highest BCUT2D eigenvalue weighted by Crippen LogP contribution is 2.40. The number of ether oxygens (including phenoxy) is 2. The van der Waals surface area contributed by atoms with Crippen LogP contribution in [0, 0.1) is 0 Å². The Morgan fingerprint density at radius 1 is 1.38 bits per heavy atom. The van der Waals surface area contributed by atoms with Crippen LogP contribution >= 0.6 is 11.6 Å². The number of amides is 1. The Labute approximate surface area is 97.5 Å². The highest BCUT2D eigenvalue weighted by molar-refractivity contribution is 6.24. The maximum atomic E-state index is 11.2. The quantitative estimate of drug-likeness (QED) is 0.756. The van der Waals surface area contributed by atoms with Gasteiger partial charge in [-0.05, 0) is 17.7 Å². The zero-order chi connectivity index (χ0) is 11.2. The predicted molar refractivity (Wildman–Crippen MR) is 58.9 cm³/mol. The number of nitrogens with one attached hydrogen (secondary N) is 1. The molecule has 2 aliphatic heterocycles. The number of fused-ring (bicyclic) bond motifs is 1. The van der Waals surface area contributed by atoms with Crippen molar-refractivity contribution in [3.8, 4) is 5.75 Å². The summed E-state index contributed by atoms with van der Waals surface area (Å²) < 4.78 is 10.4. The summed E-state index contributed by atoms with van der Waals surface area (Å²) in [5.41, 5.74) is 1.63. The molecule has 0 aromatic heterocycles. The van der Waals surface area contributed by atoms with Crippen LogP contribution < -0.4 is 10.1 Å². The fraction of sp³-hybridized carbons (Fsp3) is 0.364. The summed E-state index contributed by atoms with van der Waals surface area (Å²) in [6.07, 6.45) is 0. The Hall–Kier alpha value is -1.26. The third kappa shape index (κ3) is 1.45. The van der Waals surface area contributed by atoms with Crippen molar-refractivity contribution in [3.05, 3.63) is 23.8 Å². The number of alkyl halides is 1. The van der Waals surface area contributed by atoms with Gasteiger partial charge in [0.1, 0.15) is 10.6 Å². The average molecular weight is 240 g/mol. The molecule has 4 nitrogen and oxygen atoms in total. The van der Waals surface area contributed by atoms with Crippen LogP contribution in [0.1, 0.15) is 5.56 Å². The molecular weight excluding hydrogens is 230 g/mol. The Morgan fingerprint density at radius 3 is 2.88 bits per heavy atom. The summed E-state index contributed by atoms with van der Waals surface area (Å²) in [5, 5.41) is 2.76. The van der Waals surface area contributed by atoms with Gasteiger partial charge in [-0.2, -0.15) is 0 Å². The lowest BCUT2D eigenvalue weighted by Gasteiger charge is -2.36. The molecule has 1 aromatic carbocycles. The van der Waals surface area contributed by atoms with Gasteiger partial charge in [-0.3, -0.25) is 4.79 Å². The topological polar surface area (TPSA) is 47.6 Å². The SMILES string of the molecule is O=C1COc2ccc(C3(Cl)COC3)cc2N1. The van der Waals surface area contributed by atoms with Gasteiger partial charge in [0.2, 0.25) is 0 Å². The Kier molecular flexibility index (Phi) is 2.09. The van der Waals surface area contributed by atoms with Gasteiger partial charge < -0.3 is 14.8 Å². The minimum Gasteiger partial charge on any atom is -0.482 e. The van der Waals surface area contributed by atoms with Gasteiger partial charge in [-0.15, -0.1) is 11.6 Å². The molecule has 0 radical (unpaired) electrons. The van der Waals surface area contributed by atoms with Crippen LogP contribution in [-0.2, 0) is 14.4 Å². The van der Waals surface area contributed by atoms with Gasteiger partial charge in [-0.1, -0.05) is 6.07 Å². The molecule has 0 atom stereocenters. The number of rotatable bonds is 1. The number of hydrogen-bond donors (Lipinski definition) is 1. The van der Waals surface area contributed by atoms with E-state index >= 15 is 0 Å². The predicted octanol–water partition coefficient (Wildman–Crippen LogP) is 1.48. The van der Waals surface area contributed by atoms with Crippen LogP contribution in [0.15, 0.2) is 18.2 Å². The minimum atomic E-state index is -0.447. The lowest BCUT2D eigenvalue weighted by molar-refractivity contribution is -0.118. The molecule has 84 valence electrons. The normalized spacial score (nSPS) is 21.4. The number of halogens is 1. The molecule has 1 amide bonds. The van der Waals surface area contributed by atoms with Crippen molar-refractivity contribution in [1.29, 1.82) is 0 Å². The summed E-state index contributed by atoms with van der Waals surface area (Å²) in [6, 6.07) is 5.58. The molecule has 0 unspecified atom stereocenters. The highest BCUT2D eigenvalue weighted by Gasteiger charge is 2.38. The molecule has 1 fully saturated rings. The molecule has 1 aromatic rings. The Bertz CT molecular complexity index is 457. The van der Waals surface area contributed by atoms with Crippen LogP contribution in [0.5, 0.6) is 5.75 Å². The van der Waals surface area contributed by atoms with Crippen molar-refractivity contribution in [1.82, 2.24) is 0 Å². The Balaban J connectivity index is 1.98. The number of benzene rings is 1. The first-order valence-corrected chi connectivity index (χ1v) is 5.39. The molecule has 3 rings (SSSR count). The zero-order valence-corrected chi connectivity index (χ0v) is 9.21. The third-order valence-corrected chi connectivity index (χ3v) is 3.23. The van der Waals surface area contributed by atoms with Gasteiger partial charge in [0.05, 0.1) is 18.9 Å². The first-order valence-electron chi connectivity index (χ1n) is 5.01. The molecule has 0 aliphatic carbocycles. The van der Waals surface area contributed by atoms with Gasteiger partial charge in [0.15, 0.2) is 6.61 Å². The fourth-order valence-electron chi connectivity index (χ4n) is 1.81. The molecule has 1 N–H and O–H groups in total. The van der Waals surface area contributed by atoms with E-state index in [2.05, 4.69) is 5.32 Å². The molecule has 0 bridgehead atoms. The van der Waals surface area contributed by atoms with Gasteiger partial charge >= 0.3 is 0 Å². The number of carbonyl (C=O) groups excluding carboxylic acids is 1. The van der Waals surface area contributed by atoms with Gasteiger partial charge in [0.25, 0.3) is 5.91 Å². The first kappa shape index (κ1) is 9.93. The monoisotopic (exact) mass is 239 g/mol. The summed E-state index contributed by atoms with van der Waals surface area (Å²) in [5.74, 6) is 0.544. The van der Waals surface area contributed by atoms with E-state index in [0.717, 1.165) is 5.56 Å². The second-order valence-corrected chi connectivity index (χ2v) is 4.73. The van der Waals surface area contributed by atoms with Crippen molar-refractivity contribution < 1.29 is 14.3 Å². The minimum absolute atomic E-state index is 0.0709. The van der Waals surface area contributed by atoms with E-state index in [9.17, 15) is 4.79 Å². The van der Waals surface area contributed by atoms with Crippen LogP contribution in [0.2, 0.25) is 0 Å². The number of carbonyl (C=O) groups is 1. The molecule has 2 heterocycles. The van der Waals surface area contributed by atoms with E-state index in [1.807, 2.05) is 18.2 Å². The summed E-state index contributed by atoms with van der Waals surface area (Å²) in [6.45, 7) is 1.08.